The maximum atomic E-state index is 13.0. The fourth-order valence-electron chi connectivity index (χ4n) is 2.58. The van der Waals surface area contributed by atoms with Gasteiger partial charge in [-0.1, -0.05) is 46.7 Å². The summed E-state index contributed by atoms with van der Waals surface area (Å²) in [7, 11) is 0. The van der Waals surface area contributed by atoms with E-state index in [2.05, 4.69) is 5.16 Å². The van der Waals surface area contributed by atoms with Gasteiger partial charge in [0.2, 0.25) is 5.78 Å². The zero-order valence-electron chi connectivity index (χ0n) is 16.8. The van der Waals surface area contributed by atoms with Crippen molar-refractivity contribution in [2.75, 3.05) is 5.75 Å². The first-order valence-electron chi connectivity index (χ1n) is 9.52. The van der Waals surface area contributed by atoms with Gasteiger partial charge in [-0.15, -0.1) is 11.8 Å². The Morgan fingerprint density at radius 1 is 0.871 bits per heavy atom. The van der Waals surface area contributed by atoms with Crippen LogP contribution >= 0.6 is 35.1 Å². The Balaban J connectivity index is 1.66. The van der Waals surface area contributed by atoms with E-state index < -0.39 is 5.97 Å². The summed E-state index contributed by atoms with van der Waals surface area (Å²) in [6, 6.07) is 24.8. The largest absolute Gasteiger partial charge is 0.331 e. The van der Waals surface area contributed by atoms with Gasteiger partial charge in [-0.3, -0.25) is 4.79 Å². The lowest BCUT2D eigenvalue weighted by Gasteiger charge is -2.07. The molecule has 3 aromatic rings. The molecule has 158 valence electrons. The Morgan fingerprint density at radius 2 is 1.48 bits per heavy atom. The highest BCUT2D eigenvalue weighted by Gasteiger charge is 2.16. The summed E-state index contributed by atoms with van der Waals surface area (Å²) in [6.07, 6.45) is 0.361. The molecule has 0 bridgehead atoms. The summed E-state index contributed by atoms with van der Waals surface area (Å²) in [5.74, 6) is -0.213. The standard InChI is InChI=1S/C24H20ClNO3S2/c1-17(27)29-26-23(15-16-30-20-13-9-19(25)10-14-20)24(28)18-7-11-22(12-8-18)31-21-5-3-2-4-6-21/h2-14H,15-16H2,1H3/b26-23+. The molecule has 0 fully saturated rings. The molecule has 4 nitrogen and oxygen atoms in total. The average molecular weight is 470 g/mol. The maximum absolute atomic E-state index is 13.0. The second kappa shape index (κ2) is 11.7. The third-order valence-electron chi connectivity index (χ3n) is 4.06. The van der Waals surface area contributed by atoms with Crippen molar-refractivity contribution < 1.29 is 14.4 Å². The smallest absolute Gasteiger partial charge is 0.318 e. The molecule has 0 radical (unpaired) electrons. The first-order valence-corrected chi connectivity index (χ1v) is 11.7. The van der Waals surface area contributed by atoms with E-state index in [0.29, 0.717) is 22.8 Å². The Hall–Kier alpha value is -2.54. The van der Waals surface area contributed by atoms with Crippen LogP contribution in [-0.4, -0.2) is 23.2 Å². The fraction of sp³-hybridized carbons (Fsp3) is 0.125. The van der Waals surface area contributed by atoms with Crippen molar-refractivity contribution in [1.82, 2.24) is 0 Å². The molecule has 0 saturated carbocycles. The van der Waals surface area contributed by atoms with E-state index in [-0.39, 0.29) is 11.5 Å². The number of halogens is 1. The third kappa shape index (κ3) is 7.58. The van der Waals surface area contributed by atoms with Crippen molar-refractivity contribution in [3.05, 3.63) is 89.4 Å². The van der Waals surface area contributed by atoms with Crippen LogP contribution < -0.4 is 0 Å². The number of oxime groups is 1. The van der Waals surface area contributed by atoms with Crippen LogP contribution in [0.15, 0.2) is 98.7 Å². The molecule has 0 heterocycles. The number of ketones is 1. The molecule has 0 aliphatic heterocycles. The van der Waals surface area contributed by atoms with E-state index in [1.807, 2.05) is 66.7 Å². The minimum absolute atomic E-state index is 0.208. The highest BCUT2D eigenvalue weighted by molar-refractivity contribution is 7.99. The van der Waals surface area contributed by atoms with E-state index in [9.17, 15) is 9.59 Å². The van der Waals surface area contributed by atoms with Crippen LogP contribution in [0.25, 0.3) is 0 Å². The minimum atomic E-state index is -0.565. The SMILES string of the molecule is CC(=O)O/N=C(\CCSc1ccc(Cl)cc1)C(=O)c1ccc(Sc2ccccc2)cc1. The van der Waals surface area contributed by atoms with Crippen LogP contribution in [0.4, 0.5) is 0 Å². The van der Waals surface area contributed by atoms with Crippen molar-refractivity contribution in [1.29, 1.82) is 0 Å². The lowest BCUT2D eigenvalue weighted by Crippen LogP contribution is -2.16. The summed E-state index contributed by atoms with van der Waals surface area (Å²) in [6.45, 7) is 1.25. The van der Waals surface area contributed by atoms with Gasteiger partial charge in [0.25, 0.3) is 0 Å². The summed E-state index contributed by atoms with van der Waals surface area (Å²) in [5.41, 5.74) is 0.708. The summed E-state index contributed by atoms with van der Waals surface area (Å²) < 4.78 is 0. The molecule has 31 heavy (non-hydrogen) atoms. The van der Waals surface area contributed by atoms with Crippen molar-refractivity contribution in [3.8, 4) is 0 Å². The van der Waals surface area contributed by atoms with Gasteiger partial charge >= 0.3 is 5.97 Å². The molecule has 0 atom stereocenters. The topological polar surface area (TPSA) is 55.7 Å². The average Bonchev–Trinajstić information content (AvgIpc) is 2.78. The molecule has 0 amide bonds. The van der Waals surface area contributed by atoms with E-state index in [0.717, 1.165) is 14.7 Å². The quantitative estimate of drug-likeness (QED) is 0.114. The third-order valence-corrected chi connectivity index (χ3v) is 6.34. The molecule has 7 heteroatoms. The minimum Gasteiger partial charge on any atom is -0.318 e. The van der Waals surface area contributed by atoms with E-state index >= 15 is 0 Å². The predicted octanol–water partition coefficient (Wildman–Crippen LogP) is 6.78. The van der Waals surface area contributed by atoms with Crippen LogP contribution in [0, 0.1) is 0 Å². The molecule has 0 saturated heterocycles. The highest BCUT2D eigenvalue weighted by atomic mass is 35.5. The number of rotatable bonds is 9. The second-order valence-electron chi connectivity index (χ2n) is 6.44. The number of nitrogens with zero attached hydrogens (tertiary/aromatic N) is 1. The molecule has 0 N–H and O–H groups in total. The first kappa shape index (κ1) is 23.1. The number of thioether (sulfide) groups is 1. The highest BCUT2D eigenvalue weighted by Crippen LogP contribution is 2.27. The Morgan fingerprint density at radius 3 is 2.13 bits per heavy atom. The number of carbonyl (C=O) groups excluding carboxylic acids is 2. The van der Waals surface area contributed by atoms with Crippen LogP contribution in [0.2, 0.25) is 5.02 Å². The maximum Gasteiger partial charge on any atom is 0.331 e. The van der Waals surface area contributed by atoms with Gasteiger partial charge in [0, 0.05) is 44.4 Å². The summed E-state index contributed by atoms with van der Waals surface area (Å²) in [5, 5.41) is 4.48. The van der Waals surface area contributed by atoms with E-state index in [1.165, 1.54) is 6.92 Å². The lowest BCUT2D eigenvalue weighted by molar-refractivity contribution is -0.140. The van der Waals surface area contributed by atoms with Gasteiger partial charge < -0.3 is 4.84 Å². The molecule has 3 rings (SSSR count). The van der Waals surface area contributed by atoms with Crippen molar-refractivity contribution in [2.24, 2.45) is 5.16 Å². The van der Waals surface area contributed by atoms with Gasteiger partial charge in [-0.05, 0) is 60.7 Å². The monoisotopic (exact) mass is 469 g/mol. The van der Waals surface area contributed by atoms with Crippen molar-refractivity contribution in [2.45, 2.75) is 28.0 Å². The molecule has 0 aromatic heterocycles. The first-order chi connectivity index (χ1) is 15.0. The number of benzene rings is 3. The number of hydrogen-bond acceptors (Lipinski definition) is 6. The van der Waals surface area contributed by atoms with Crippen LogP contribution in [0.5, 0.6) is 0 Å². The van der Waals surface area contributed by atoms with Crippen molar-refractivity contribution in [3.63, 3.8) is 0 Å². The molecule has 0 unspecified atom stereocenters. The Kier molecular flexibility index (Phi) is 8.76. The van der Waals surface area contributed by atoms with Gasteiger partial charge in [0.15, 0.2) is 0 Å². The lowest BCUT2D eigenvalue weighted by atomic mass is 10.1. The van der Waals surface area contributed by atoms with Crippen molar-refractivity contribution >= 4 is 52.6 Å². The molecule has 0 aliphatic carbocycles. The molecular weight excluding hydrogens is 450 g/mol. The van der Waals surface area contributed by atoms with Gasteiger partial charge in [-0.25, -0.2) is 4.79 Å². The van der Waals surface area contributed by atoms with Crippen LogP contribution in [-0.2, 0) is 9.63 Å². The van der Waals surface area contributed by atoms with E-state index in [1.54, 1.807) is 35.7 Å². The van der Waals surface area contributed by atoms with Crippen LogP contribution in [0.3, 0.4) is 0 Å². The van der Waals surface area contributed by atoms with Gasteiger partial charge in [0.05, 0.1) is 0 Å². The molecular formula is C24H20ClNO3S2. The summed E-state index contributed by atoms with van der Waals surface area (Å²) >= 11 is 9.10. The predicted molar refractivity (Wildman–Crippen MR) is 127 cm³/mol. The second-order valence-corrected chi connectivity index (χ2v) is 9.19. The number of hydrogen-bond donors (Lipinski definition) is 0. The van der Waals surface area contributed by atoms with E-state index in [4.69, 9.17) is 16.4 Å². The zero-order chi connectivity index (χ0) is 22.1. The number of carbonyl (C=O) groups is 2. The molecule has 0 aliphatic rings. The van der Waals surface area contributed by atoms with Crippen LogP contribution in [0.1, 0.15) is 23.7 Å². The summed E-state index contributed by atoms with van der Waals surface area (Å²) in [4.78, 5) is 32.1. The zero-order valence-corrected chi connectivity index (χ0v) is 19.2. The molecule has 3 aromatic carbocycles. The fourth-order valence-corrected chi connectivity index (χ4v) is 4.41. The Bertz CT molecular complexity index is 1050. The molecule has 0 spiro atoms. The number of Topliss-reactive ketones (excluding diaryl/α,β-unsaturated/α-hetero) is 1. The van der Waals surface area contributed by atoms with Gasteiger partial charge in [-0.2, -0.15) is 0 Å². The Labute approximate surface area is 195 Å². The van der Waals surface area contributed by atoms with Gasteiger partial charge in [0.1, 0.15) is 5.71 Å². The normalized spacial score (nSPS) is 11.2.